The van der Waals surface area contributed by atoms with Crippen LogP contribution in [0, 0.1) is 0 Å². The molecule has 0 spiro atoms. The number of carbonyl (C=O) groups excluding carboxylic acids is 1. The van der Waals surface area contributed by atoms with Gasteiger partial charge in [0.2, 0.25) is 10.0 Å². The fourth-order valence-electron chi connectivity index (χ4n) is 5.43. The Balaban J connectivity index is 0.00000442. The number of carbonyl (C=O) groups is 1. The maximum Gasteiger partial charge on any atom is 0.260 e. The minimum Gasteiger partial charge on any atom is -0.397 e. The number of nitrogens with two attached hydrogens (primary N) is 2. The molecule has 48 heavy (non-hydrogen) atoms. The van der Waals surface area contributed by atoms with E-state index in [-0.39, 0.29) is 54.6 Å². The number of pyridine rings is 1. The number of aryl methyl sites for hydroxylation is 1. The molecule has 1 aliphatic rings. The molecule has 4 aromatic rings. The molecule has 0 radical (unpaired) electrons. The number of nitrogens with one attached hydrogen (secondary N) is 2. The Kier molecular flexibility index (Phi) is 18.0. The summed E-state index contributed by atoms with van der Waals surface area (Å²) in [6.45, 7) is 4.27. The van der Waals surface area contributed by atoms with E-state index in [1.54, 1.807) is 12.1 Å². The Bertz CT molecular complexity index is 1670. The van der Waals surface area contributed by atoms with Crippen molar-refractivity contribution in [1.82, 2.24) is 15.0 Å². The molecule has 2 aromatic carbocycles. The smallest absolute Gasteiger partial charge is 0.260 e. The maximum atomic E-state index is 12.7. The summed E-state index contributed by atoms with van der Waals surface area (Å²) in [5, 5.41) is 15.1. The minimum absolute atomic E-state index is 0. The van der Waals surface area contributed by atoms with Crippen molar-refractivity contribution >= 4 is 49.0 Å². The van der Waals surface area contributed by atoms with Gasteiger partial charge in [-0.05, 0) is 54.2 Å². The Morgan fingerprint density at radius 3 is 2.25 bits per heavy atom. The van der Waals surface area contributed by atoms with Crippen molar-refractivity contribution in [3.63, 3.8) is 0 Å². The first-order valence-corrected chi connectivity index (χ1v) is 16.8. The molecule has 268 valence electrons. The van der Waals surface area contributed by atoms with E-state index in [4.69, 9.17) is 16.5 Å². The van der Waals surface area contributed by atoms with Crippen LogP contribution < -0.4 is 26.4 Å². The third kappa shape index (κ3) is 10.2. The minimum atomic E-state index is -3.66. The maximum absolute atomic E-state index is 12.7. The number of aliphatic hydroxyl groups is 1. The molecule has 12 heteroatoms. The number of hydrogen-bond acceptors (Lipinski definition) is 9. The highest BCUT2D eigenvalue weighted by Crippen LogP contribution is 2.37. The summed E-state index contributed by atoms with van der Waals surface area (Å²) in [7, 11) is -3.66. The third-order valence-corrected chi connectivity index (χ3v) is 10.3. The topological polar surface area (TPSA) is 164 Å². The lowest BCUT2D eigenvalue weighted by atomic mass is 10.0. The van der Waals surface area contributed by atoms with Crippen LogP contribution in [0.4, 0.5) is 11.5 Å². The quantitative estimate of drug-likeness (QED) is 0.107. The first kappa shape index (κ1) is 44.5. The number of fused-ring (bicyclic) bond motifs is 1. The number of sulfonamides is 1. The van der Waals surface area contributed by atoms with Gasteiger partial charge in [-0.25, -0.2) is 18.1 Å². The van der Waals surface area contributed by atoms with Crippen molar-refractivity contribution in [2.75, 3.05) is 30.3 Å². The summed E-state index contributed by atoms with van der Waals surface area (Å²) in [5.74, 6) is 0.343. The van der Waals surface area contributed by atoms with Gasteiger partial charge >= 0.3 is 0 Å². The van der Waals surface area contributed by atoms with Crippen LogP contribution in [-0.2, 0) is 23.0 Å². The number of amides is 1. The molecule has 0 bridgehead atoms. The van der Waals surface area contributed by atoms with Crippen molar-refractivity contribution in [2.24, 2.45) is 5.73 Å². The number of nitrogens with zero attached hydrogens (tertiary/aromatic N) is 2. The van der Waals surface area contributed by atoms with Crippen LogP contribution in [0.15, 0.2) is 65.6 Å². The van der Waals surface area contributed by atoms with Gasteiger partial charge in [0.05, 0.1) is 16.7 Å². The van der Waals surface area contributed by atoms with Crippen molar-refractivity contribution in [2.45, 2.75) is 93.3 Å². The van der Waals surface area contributed by atoms with E-state index >= 15 is 0 Å². The van der Waals surface area contributed by atoms with Crippen LogP contribution in [0.2, 0.25) is 0 Å². The Labute approximate surface area is 293 Å². The van der Waals surface area contributed by atoms with Gasteiger partial charge in [0.15, 0.2) is 0 Å². The van der Waals surface area contributed by atoms with Gasteiger partial charge in [-0.1, -0.05) is 92.9 Å². The summed E-state index contributed by atoms with van der Waals surface area (Å²) < 4.78 is 28.0. The SMILES string of the molecule is C.C.C.C.C.CCCc1cc(N2CCC(NCC(O)c3ccc(S(=O)(=O)NCc4ccccc4)cc3)CC2)nc2sc(C(N)=O)c(N)c12. The van der Waals surface area contributed by atoms with Crippen molar-refractivity contribution in [1.29, 1.82) is 0 Å². The largest absolute Gasteiger partial charge is 0.397 e. The Morgan fingerprint density at radius 1 is 1.04 bits per heavy atom. The monoisotopic (exact) mass is 702 g/mol. The molecule has 1 atom stereocenters. The van der Waals surface area contributed by atoms with Gasteiger partial charge < -0.3 is 26.8 Å². The zero-order valence-corrected chi connectivity index (χ0v) is 25.8. The van der Waals surface area contributed by atoms with E-state index in [9.17, 15) is 18.3 Å². The van der Waals surface area contributed by atoms with Crippen LogP contribution in [0.25, 0.3) is 10.2 Å². The van der Waals surface area contributed by atoms with Gasteiger partial charge in [-0.3, -0.25) is 4.79 Å². The zero-order valence-electron chi connectivity index (χ0n) is 24.1. The third-order valence-electron chi connectivity index (χ3n) is 7.81. The number of anilines is 2. The van der Waals surface area contributed by atoms with Gasteiger partial charge in [-0.15, -0.1) is 11.3 Å². The lowest BCUT2D eigenvalue weighted by Gasteiger charge is -2.34. The van der Waals surface area contributed by atoms with Gasteiger partial charge in [0.1, 0.15) is 15.5 Å². The molecule has 3 heterocycles. The average molecular weight is 703 g/mol. The van der Waals surface area contributed by atoms with Crippen LogP contribution in [-0.4, -0.2) is 50.1 Å². The molecule has 5 rings (SSSR count). The zero-order chi connectivity index (χ0) is 30.6. The van der Waals surface area contributed by atoms with Gasteiger partial charge in [0.25, 0.3) is 5.91 Å². The molecule has 2 aromatic heterocycles. The number of thiophene rings is 1. The van der Waals surface area contributed by atoms with Crippen molar-refractivity contribution < 1.29 is 18.3 Å². The number of benzene rings is 2. The van der Waals surface area contributed by atoms with Crippen molar-refractivity contribution in [3.8, 4) is 0 Å². The second-order valence-electron chi connectivity index (χ2n) is 10.8. The average Bonchev–Trinajstić information content (AvgIpc) is 3.36. The highest BCUT2D eigenvalue weighted by molar-refractivity contribution is 7.89. The molecule has 1 amide bonds. The van der Waals surface area contributed by atoms with Crippen LogP contribution in [0.1, 0.15) is 95.8 Å². The molecular weight excluding hydrogens is 645 g/mol. The van der Waals surface area contributed by atoms with Gasteiger partial charge in [0, 0.05) is 37.6 Å². The number of aliphatic hydroxyl groups excluding tert-OH is 1. The summed E-state index contributed by atoms with van der Waals surface area (Å²) >= 11 is 1.25. The summed E-state index contributed by atoms with van der Waals surface area (Å²) in [6, 6.07) is 18.0. The molecule has 1 saturated heterocycles. The molecule has 1 unspecified atom stereocenters. The molecular formula is C36H58N6O4S2. The molecule has 10 nitrogen and oxygen atoms in total. The van der Waals surface area contributed by atoms with Crippen molar-refractivity contribution in [3.05, 3.63) is 82.2 Å². The molecule has 0 saturated carbocycles. The number of hydrogen-bond donors (Lipinski definition) is 5. The van der Waals surface area contributed by atoms with E-state index in [0.29, 0.717) is 22.7 Å². The summed E-state index contributed by atoms with van der Waals surface area (Å²) in [4.78, 5) is 20.2. The van der Waals surface area contributed by atoms with E-state index in [2.05, 4.69) is 27.9 Å². The fourth-order valence-corrected chi connectivity index (χ4v) is 7.44. The second-order valence-corrected chi connectivity index (χ2v) is 13.6. The van der Waals surface area contributed by atoms with E-state index in [1.807, 2.05) is 30.3 Å². The number of rotatable bonds is 12. The first-order valence-electron chi connectivity index (χ1n) is 14.5. The molecule has 7 N–H and O–H groups in total. The van der Waals surface area contributed by atoms with Crippen LogP contribution in [0.5, 0.6) is 0 Å². The highest BCUT2D eigenvalue weighted by atomic mass is 32.2. The van der Waals surface area contributed by atoms with E-state index in [0.717, 1.165) is 65.9 Å². The fraction of sp³-hybridized carbons (Fsp3) is 0.444. The lowest BCUT2D eigenvalue weighted by Crippen LogP contribution is -2.44. The van der Waals surface area contributed by atoms with E-state index < -0.39 is 22.0 Å². The molecule has 1 fully saturated rings. The predicted octanol–water partition coefficient (Wildman–Crippen LogP) is 6.88. The summed E-state index contributed by atoms with van der Waals surface area (Å²) in [5.41, 5.74) is 14.8. The number of primary amides is 1. The van der Waals surface area contributed by atoms with E-state index in [1.165, 1.54) is 23.5 Å². The lowest BCUT2D eigenvalue weighted by molar-refractivity contribution is 0.100. The number of nitrogen functional groups attached to an aromatic ring is 1. The predicted molar refractivity (Wildman–Crippen MR) is 205 cm³/mol. The van der Waals surface area contributed by atoms with Crippen LogP contribution >= 0.6 is 11.3 Å². The van der Waals surface area contributed by atoms with Gasteiger partial charge in [-0.2, -0.15) is 0 Å². The molecule has 1 aliphatic heterocycles. The summed E-state index contributed by atoms with van der Waals surface area (Å²) in [6.07, 6.45) is 2.75. The Morgan fingerprint density at radius 2 is 1.67 bits per heavy atom. The number of aromatic nitrogens is 1. The standard InChI is InChI=1S/C31H38N6O4S2.5CH4/c1-2-6-22-17-26(36-31-27(22)28(32)29(42-31)30(33)39)37-15-13-23(14-16-37)34-19-25(38)21-9-11-24(12-10-21)43(40,41)35-18-20-7-4-3-5-8-20;;;;;/h3-5,7-12,17,23,25,34-35,38H,2,6,13-16,18-19,32H2,1H3,(H2,33,39);5*1H4. The Hall–Kier alpha value is -3.55. The normalized spacial score (nSPS) is 13.6. The number of piperidine rings is 1. The molecule has 0 aliphatic carbocycles. The second kappa shape index (κ2) is 19.4. The van der Waals surface area contributed by atoms with Crippen LogP contribution in [0.3, 0.4) is 0 Å². The highest BCUT2D eigenvalue weighted by Gasteiger charge is 2.24. The first-order chi connectivity index (χ1) is 20.7.